The molecule has 1 amide bonds. The fourth-order valence-electron chi connectivity index (χ4n) is 2.90. The van der Waals surface area contributed by atoms with Crippen molar-refractivity contribution in [2.75, 3.05) is 13.1 Å². The average molecular weight is 327 g/mol. The summed E-state index contributed by atoms with van der Waals surface area (Å²) in [6.45, 7) is 0.572. The van der Waals surface area contributed by atoms with E-state index in [2.05, 4.69) is 10.1 Å². The summed E-state index contributed by atoms with van der Waals surface area (Å²) >= 11 is 0. The van der Waals surface area contributed by atoms with Gasteiger partial charge in [0.25, 0.3) is 5.91 Å². The van der Waals surface area contributed by atoms with Gasteiger partial charge in [-0.3, -0.25) is 9.48 Å². The summed E-state index contributed by atoms with van der Waals surface area (Å²) < 4.78 is 9.16. The molecule has 4 heterocycles. The van der Waals surface area contributed by atoms with E-state index < -0.39 is 12.2 Å². The van der Waals surface area contributed by atoms with E-state index in [0.717, 1.165) is 5.52 Å². The number of β-amino-alcohol motifs (C(OH)–C–C–N with tert-alkyl or cyclic N) is 1. The molecule has 124 valence electrons. The van der Waals surface area contributed by atoms with E-state index in [1.54, 1.807) is 58.2 Å². The summed E-state index contributed by atoms with van der Waals surface area (Å²) in [6.07, 6.45) is 7.24. The molecule has 0 radical (unpaired) electrons. The minimum absolute atomic E-state index is 0.137. The Morgan fingerprint density at radius 3 is 2.96 bits per heavy atom. The van der Waals surface area contributed by atoms with Crippen LogP contribution in [0.5, 0.6) is 5.75 Å². The molecule has 1 aliphatic heterocycles. The van der Waals surface area contributed by atoms with Crippen molar-refractivity contribution in [1.82, 2.24) is 24.1 Å². The highest BCUT2D eigenvalue weighted by molar-refractivity contribution is 5.94. The molecule has 1 N–H and O–H groups in total. The van der Waals surface area contributed by atoms with Crippen molar-refractivity contribution in [2.45, 2.75) is 12.2 Å². The number of aromatic nitrogens is 4. The first kappa shape index (κ1) is 14.7. The van der Waals surface area contributed by atoms with Crippen molar-refractivity contribution in [3.63, 3.8) is 0 Å². The van der Waals surface area contributed by atoms with Crippen LogP contribution < -0.4 is 4.74 Å². The van der Waals surface area contributed by atoms with Crippen molar-refractivity contribution < 1.29 is 14.6 Å². The van der Waals surface area contributed by atoms with Gasteiger partial charge in [-0.15, -0.1) is 0 Å². The highest BCUT2D eigenvalue weighted by Crippen LogP contribution is 2.20. The minimum atomic E-state index is -0.730. The van der Waals surface area contributed by atoms with Crippen molar-refractivity contribution >= 4 is 11.4 Å². The number of amides is 1. The number of ether oxygens (including phenoxy) is 1. The molecule has 8 nitrogen and oxygen atoms in total. The molecule has 1 fully saturated rings. The number of likely N-dealkylation sites (tertiary alicyclic amines) is 1. The fraction of sp³-hybridized carbons (Fsp3) is 0.312. The van der Waals surface area contributed by atoms with Gasteiger partial charge in [0.15, 0.2) is 5.75 Å². The second-order valence-corrected chi connectivity index (χ2v) is 5.93. The number of aliphatic hydroxyl groups is 1. The molecular formula is C16H17N5O3. The molecular weight excluding hydrogens is 310 g/mol. The summed E-state index contributed by atoms with van der Waals surface area (Å²) in [4.78, 5) is 18.3. The molecule has 0 aromatic carbocycles. The van der Waals surface area contributed by atoms with Crippen LogP contribution >= 0.6 is 0 Å². The zero-order chi connectivity index (χ0) is 16.7. The van der Waals surface area contributed by atoms with Crippen LogP contribution in [0.3, 0.4) is 0 Å². The number of nitrogens with zero attached hydrogens (tertiary/aromatic N) is 5. The number of pyridine rings is 1. The first-order chi connectivity index (χ1) is 11.6. The van der Waals surface area contributed by atoms with E-state index in [9.17, 15) is 9.90 Å². The van der Waals surface area contributed by atoms with Crippen LogP contribution in [0.4, 0.5) is 0 Å². The van der Waals surface area contributed by atoms with E-state index in [1.165, 1.54) is 0 Å². The number of carbonyl (C=O) groups excluding carboxylic acids is 1. The predicted octanol–water partition coefficient (Wildman–Crippen LogP) is 0.332. The maximum absolute atomic E-state index is 12.7. The van der Waals surface area contributed by atoms with Gasteiger partial charge in [-0.1, -0.05) is 0 Å². The molecule has 8 heteroatoms. The number of aryl methyl sites for hydroxylation is 1. The molecule has 0 saturated carbocycles. The van der Waals surface area contributed by atoms with E-state index >= 15 is 0 Å². The van der Waals surface area contributed by atoms with Crippen LogP contribution in [0.2, 0.25) is 0 Å². The second-order valence-electron chi connectivity index (χ2n) is 5.93. The SMILES string of the molecule is Cn1cc(O[C@@H]2CN(C(=O)c3ccc4cncn4c3)C[C@H]2O)cn1. The summed E-state index contributed by atoms with van der Waals surface area (Å²) in [5.41, 5.74) is 1.47. The van der Waals surface area contributed by atoms with E-state index in [0.29, 0.717) is 17.9 Å². The second kappa shape index (κ2) is 5.64. The Kier molecular flexibility index (Phi) is 3.46. The number of imidazole rings is 1. The lowest BCUT2D eigenvalue weighted by molar-refractivity contribution is 0.0729. The number of fused-ring (bicyclic) bond motifs is 1. The van der Waals surface area contributed by atoms with Gasteiger partial charge in [-0.25, -0.2) is 4.98 Å². The Hall–Kier alpha value is -2.87. The maximum atomic E-state index is 12.7. The van der Waals surface area contributed by atoms with Crippen LogP contribution in [0.15, 0.2) is 43.2 Å². The van der Waals surface area contributed by atoms with E-state index in [4.69, 9.17) is 4.74 Å². The summed E-state index contributed by atoms with van der Waals surface area (Å²) in [5.74, 6) is 0.442. The van der Waals surface area contributed by atoms with Gasteiger partial charge in [0, 0.05) is 13.2 Å². The molecule has 3 aromatic heterocycles. The van der Waals surface area contributed by atoms with Crippen LogP contribution in [-0.4, -0.2) is 60.4 Å². The van der Waals surface area contributed by atoms with Crippen molar-refractivity contribution in [3.8, 4) is 5.75 Å². The third-order valence-electron chi connectivity index (χ3n) is 4.15. The smallest absolute Gasteiger partial charge is 0.255 e. The molecule has 0 spiro atoms. The lowest BCUT2D eigenvalue weighted by Gasteiger charge is -2.16. The molecule has 3 aromatic rings. The summed E-state index contributed by atoms with van der Waals surface area (Å²) in [7, 11) is 1.79. The Bertz CT molecular complexity index is 887. The van der Waals surface area contributed by atoms with Crippen molar-refractivity contribution in [3.05, 3.63) is 48.8 Å². The van der Waals surface area contributed by atoms with Crippen molar-refractivity contribution in [2.24, 2.45) is 7.05 Å². The van der Waals surface area contributed by atoms with Gasteiger partial charge in [0.1, 0.15) is 12.2 Å². The summed E-state index contributed by atoms with van der Waals surface area (Å²) in [5, 5.41) is 14.2. The third-order valence-corrected chi connectivity index (χ3v) is 4.15. The largest absolute Gasteiger partial charge is 0.482 e. The molecule has 4 rings (SSSR count). The van der Waals surface area contributed by atoms with Gasteiger partial charge in [0.05, 0.1) is 49.1 Å². The van der Waals surface area contributed by atoms with Gasteiger partial charge < -0.3 is 19.1 Å². The molecule has 24 heavy (non-hydrogen) atoms. The molecule has 2 atom stereocenters. The predicted molar refractivity (Wildman–Crippen MR) is 84.7 cm³/mol. The topological polar surface area (TPSA) is 84.9 Å². The molecule has 0 bridgehead atoms. The van der Waals surface area contributed by atoms with Gasteiger partial charge in [-0.2, -0.15) is 5.10 Å². The van der Waals surface area contributed by atoms with E-state index in [-0.39, 0.29) is 12.5 Å². The zero-order valence-corrected chi connectivity index (χ0v) is 13.1. The number of rotatable bonds is 3. The lowest BCUT2D eigenvalue weighted by atomic mass is 10.2. The minimum Gasteiger partial charge on any atom is -0.482 e. The molecule has 0 unspecified atom stereocenters. The van der Waals surface area contributed by atoms with E-state index in [1.807, 2.05) is 6.07 Å². The molecule has 1 saturated heterocycles. The highest BCUT2D eigenvalue weighted by Gasteiger charge is 2.36. The Morgan fingerprint density at radius 1 is 1.29 bits per heavy atom. The number of carbonyl (C=O) groups is 1. The lowest BCUT2D eigenvalue weighted by Crippen LogP contribution is -2.31. The van der Waals surface area contributed by atoms with Crippen LogP contribution in [0, 0.1) is 0 Å². The quantitative estimate of drug-likeness (QED) is 0.749. The van der Waals surface area contributed by atoms with Gasteiger partial charge in [-0.05, 0) is 12.1 Å². The maximum Gasteiger partial charge on any atom is 0.255 e. The van der Waals surface area contributed by atoms with Crippen LogP contribution in [0.1, 0.15) is 10.4 Å². The third kappa shape index (κ3) is 2.61. The summed E-state index contributed by atoms with van der Waals surface area (Å²) in [6, 6.07) is 3.61. The molecule has 0 aliphatic carbocycles. The number of aliphatic hydroxyl groups excluding tert-OH is 1. The van der Waals surface area contributed by atoms with Crippen molar-refractivity contribution in [1.29, 1.82) is 0 Å². The zero-order valence-electron chi connectivity index (χ0n) is 13.1. The van der Waals surface area contributed by atoms with Gasteiger partial charge >= 0.3 is 0 Å². The number of hydrogen-bond donors (Lipinski definition) is 1. The number of hydrogen-bond acceptors (Lipinski definition) is 5. The first-order valence-corrected chi connectivity index (χ1v) is 7.64. The molecule has 1 aliphatic rings. The average Bonchev–Trinajstić information content (AvgIpc) is 3.27. The fourth-order valence-corrected chi connectivity index (χ4v) is 2.90. The van der Waals surface area contributed by atoms with Crippen LogP contribution in [-0.2, 0) is 7.05 Å². The monoisotopic (exact) mass is 327 g/mol. The first-order valence-electron chi connectivity index (χ1n) is 7.64. The van der Waals surface area contributed by atoms with Crippen LogP contribution in [0.25, 0.3) is 5.52 Å². The Labute approximate surface area is 137 Å². The van der Waals surface area contributed by atoms with Gasteiger partial charge in [0.2, 0.25) is 0 Å². The Morgan fingerprint density at radius 2 is 2.17 bits per heavy atom. The Balaban J connectivity index is 1.49. The standard InChI is InChI=1S/C16H17N5O3/c1-19-7-13(5-18-19)24-15-9-20(8-14(15)22)16(23)11-2-3-12-4-17-10-21(12)6-11/h2-7,10,14-15,22H,8-9H2,1H3/t14-,15-/m1/s1. The highest BCUT2D eigenvalue weighted by atomic mass is 16.5. The normalized spacial score (nSPS) is 20.7.